The average Bonchev–Trinajstić information content (AvgIpc) is 2.37. The predicted octanol–water partition coefficient (Wildman–Crippen LogP) is 2.48. The normalized spacial score (nSPS) is 9.95. The highest BCUT2D eigenvalue weighted by molar-refractivity contribution is 5.99. The van der Waals surface area contributed by atoms with Crippen molar-refractivity contribution in [2.45, 2.75) is 6.92 Å². The maximum absolute atomic E-state index is 11.4. The van der Waals surface area contributed by atoms with Crippen LogP contribution in [-0.2, 0) is 4.79 Å². The topological polar surface area (TPSA) is 67.4 Å². The first-order valence-electron chi connectivity index (χ1n) is 5.76. The molecule has 0 spiro atoms. The van der Waals surface area contributed by atoms with Gasteiger partial charge in [0, 0.05) is 18.3 Å². The van der Waals surface area contributed by atoms with Crippen molar-refractivity contribution in [2.24, 2.45) is 0 Å². The maximum Gasteiger partial charge on any atom is 0.412 e. The van der Waals surface area contributed by atoms with Gasteiger partial charge in [0.25, 0.3) is 0 Å². The molecule has 19 heavy (non-hydrogen) atoms. The second kappa shape index (κ2) is 7.71. The molecule has 1 rings (SSSR count). The van der Waals surface area contributed by atoms with Gasteiger partial charge < -0.3 is 15.4 Å². The van der Waals surface area contributed by atoms with Crippen molar-refractivity contribution in [3.05, 3.63) is 49.1 Å². The van der Waals surface area contributed by atoms with Gasteiger partial charge in [0.1, 0.15) is 5.75 Å². The number of rotatable bonds is 5. The van der Waals surface area contributed by atoms with E-state index in [1.807, 2.05) is 0 Å². The number of hydrogen-bond acceptors (Lipinski definition) is 3. The number of ether oxygens (including phenoxy) is 1. The molecular formula is C14H16N2O3. The second-order valence-corrected chi connectivity index (χ2v) is 3.58. The van der Waals surface area contributed by atoms with Gasteiger partial charge in [0.15, 0.2) is 0 Å². The van der Waals surface area contributed by atoms with Crippen LogP contribution in [0.4, 0.5) is 10.5 Å². The van der Waals surface area contributed by atoms with Gasteiger partial charge >= 0.3 is 6.09 Å². The standard InChI is InChI=1S/C14H16N2O3/c1-3-6-13(17)16-11-7-5-8-12(10-11)19-14(18)15-9-4-2/h3-8,10H,2,9H2,1H3,(H,15,18)(H,16,17)/b6-3+. The van der Waals surface area contributed by atoms with E-state index in [1.165, 1.54) is 6.08 Å². The van der Waals surface area contributed by atoms with Crippen LogP contribution in [0.1, 0.15) is 6.92 Å². The molecule has 0 unspecified atom stereocenters. The molecule has 2 amide bonds. The summed E-state index contributed by atoms with van der Waals surface area (Å²) in [6.07, 6.45) is 4.02. The summed E-state index contributed by atoms with van der Waals surface area (Å²) in [6, 6.07) is 6.57. The first-order chi connectivity index (χ1) is 9.15. The lowest BCUT2D eigenvalue weighted by atomic mass is 10.3. The summed E-state index contributed by atoms with van der Waals surface area (Å²) >= 11 is 0. The third kappa shape index (κ3) is 5.54. The zero-order valence-electron chi connectivity index (χ0n) is 10.7. The number of anilines is 1. The number of carbonyl (C=O) groups excluding carboxylic acids is 2. The Kier molecular flexibility index (Phi) is 5.88. The van der Waals surface area contributed by atoms with Crippen molar-refractivity contribution >= 4 is 17.7 Å². The minimum absolute atomic E-state index is 0.240. The SMILES string of the molecule is C=CCNC(=O)Oc1cccc(NC(=O)/C=C/C)c1. The van der Waals surface area contributed by atoms with E-state index in [1.54, 1.807) is 43.3 Å². The lowest BCUT2D eigenvalue weighted by Gasteiger charge is -2.07. The van der Waals surface area contributed by atoms with Crippen molar-refractivity contribution in [1.82, 2.24) is 5.32 Å². The quantitative estimate of drug-likeness (QED) is 0.631. The molecule has 5 nitrogen and oxygen atoms in total. The van der Waals surface area contributed by atoms with E-state index in [0.717, 1.165) is 0 Å². The number of hydrogen-bond donors (Lipinski definition) is 2. The number of allylic oxidation sites excluding steroid dienone is 1. The number of amides is 2. The Labute approximate surface area is 112 Å². The van der Waals surface area contributed by atoms with E-state index in [0.29, 0.717) is 18.0 Å². The van der Waals surface area contributed by atoms with Crippen LogP contribution in [0.5, 0.6) is 5.75 Å². The lowest BCUT2D eigenvalue weighted by Crippen LogP contribution is -2.26. The van der Waals surface area contributed by atoms with E-state index in [4.69, 9.17) is 4.74 Å². The summed E-state index contributed by atoms with van der Waals surface area (Å²) in [4.78, 5) is 22.7. The molecule has 0 aliphatic carbocycles. The highest BCUT2D eigenvalue weighted by atomic mass is 16.6. The Bertz CT molecular complexity index is 495. The lowest BCUT2D eigenvalue weighted by molar-refractivity contribution is -0.111. The zero-order chi connectivity index (χ0) is 14.1. The third-order valence-electron chi connectivity index (χ3n) is 2.02. The van der Waals surface area contributed by atoms with E-state index in [-0.39, 0.29) is 5.91 Å². The summed E-state index contributed by atoms with van der Waals surface area (Å²) in [6.45, 7) is 5.56. The van der Waals surface area contributed by atoms with Crippen LogP contribution in [0.3, 0.4) is 0 Å². The molecule has 0 aromatic heterocycles. The highest BCUT2D eigenvalue weighted by Crippen LogP contribution is 2.17. The Morgan fingerprint density at radius 1 is 1.42 bits per heavy atom. The van der Waals surface area contributed by atoms with Crippen molar-refractivity contribution < 1.29 is 14.3 Å². The van der Waals surface area contributed by atoms with Crippen LogP contribution in [0, 0.1) is 0 Å². The van der Waals surface area contributed by atoms with Crippen LogP contribution in [0.15, 0.2) is 49.1 Å². The molecule has 1 aromatic rings. The smallest absolute Gasteiger partial charge is 0.410 e. The molecule has 0 atom stereocenters. The first-order valence-corrected chi connectivity index (χ1v) is 5.76. The van der Waals surface area contributed by atoms with E-state index in [9.17, 15) is 9.59 Å². The number of nitrogens with one attached hydrogen (secondary N) is 2. The summed E-state index contributed by atoms with van der Waals surface area (Å²) in [5.74, 6) is 0.107. The van der Waals surface area contributed by atoms with Crippen LogP contribution in [0.2, 0.25) is 0 Å². The van der Waals surface area contributed by atoms with Crippen LogP contribution in [0.25, 0.3) is 0 Å². The summed E-state index contributed by atoms with van der Waals surface area (Å²) in [5.41, 5.74) is 0.553. The molecule has 0 saturated heterocycles. The summed E-state index contributed by atoms with van der Waals surface area (Å²) in [7, 11) is 0. The number of carbonyl (C=O) groups is 2. The third-order valence-corrected chi connectivity index (χ3v) is 2.02. The Balaban J connectivity index is 2.63. The van der Waals surface area contributed by atoms with Crippen molar-refractivity contribution in [3.63, 3.8) is 0 Å². The maximum atomic E-state index is 11.4. The summed E-state index contributed by atoms with van der Waals surface area (Å²) < 4.78 is 5.03. The van der Waals surface area contributed by atoms with E-state index >= 15 is 0 Å². The molecule has 2 N–H and O–H groups in total. The van der Waals surface area contributed by atoms with Crippen molar-refractivity contribution in [3.8, 4) is 5.75 Å². The largest absolute Gasteiger partial charge is 0.412 e. The van der Waals surface area contributed by atoms with Crippen LogP contribution >= 0.6 is 0 Å². The molecule has 0 radical (unpaired) electrons. The molecule has 0 fully saturated rings. The summed E-state index contributed by atoms with van der Waals surface area (Å²) in [5, 5.41) is 5.13. The van der Waals surface area contributed by atoms with Crippen LogP contribution < -0.4 is 15.4 Å². The first kappa shape index (κ1) is 14.5. The van der Waals surface area contributed by atoms with Gasteiger partial charge in [-0.15, -0.1) is 6.58 Å². The van der Waals surface area contributed by atoms with Gasteiger partial charge in [-0.2, -0.15) is 0 Å². The highest BCUT2D eigenvalue weighted by Gasteiger charge is 2.04. The Morgan fingerprint density at radius 3 is 2.89 bits per heavy atom. The predicted molar refractivity (Wildman–Crippen MR) is 74.1 cm³/mol. The Morgan fingerprint density at radius 2 is 2.21 bits per heavy atom. The van der Waals surface area contributed by atoms with Gasteiger partial charge in [-0.05, 0) is 25.1 Å². The van der Waals surface area contributed by atoms with Gasteiger partial charge in [-0.1, -0.05) is 18.2 Å². The van der Waals surface area contributed by atoms with Gasteiger partial charge in [-0.3, -0.25) is 4.79 Å². The molecule has 0 saturated carbocycles. The van der Waals surface area contributed by atoms with E-state index in [2.05, 4.69) is 17.2 Å². The molecule has 5 heteroatoms. The Hall–Kier alpha value is -2.56. The molecular weight excluding hydrogens is 244 g/mol. The average molecular weight is 260 g/mol. The van der Waals surface area contributed by atoms with Crippen LogP contribution in [-0.4, -0.2) is 18.5 Å². The molecule has 0 bridgehead atoms. The molecule has 100 valence electrons. The minimum Gasteiger partial charge on any atom is -0.410 e. The molecule has 1 aromatic carbocycles. The fraction of sp³-hybridized carbons (Fsp3) is 0.143. The zero-order valence-corrected chi connectivity index (χ0v) is 10.7. The fourth-order valence-electron chi connectivity index (χ4n) is 1.27. The minimum atomic E-state index is -0.572. The molecule has 0 aliphatic rings. The fourth-order valence-corrected chi connectivity index (χ4v) is 1.27. The van der Waals surface area contributed by atoms with Gasteiger partial charge in [0.2, 0.25) is 5.91 Å². The number of benzene rings is 1. The second-order valence-electron chi connectivity index (χ2n) is 3.58. The van der Waals surface area contributed by atoms with Crippen molar-refractivity contribution in [1.29, 1.82) is 0 Å². The molecule has 0 aliphatic heterocycles. The van der Waals surface area contributed by atoms with Gasteiger partial charge in [-0.25, -0.2) is 4.79 Å². The monoisotopic (exact) mass is 260 g/mol. The van der Waals surface area contributed by atoms with Crippen molar-refractivity contribution in [2.75, 3.05) is 11.9 Å². The van der Waals surface area contributed by atoms with Gasteiger partial charge in [0.05, 0.1) is 0 Å². The van der Waals surface area contributed by atoms with E-state index < -0.39 is 6.09 Å². The molecule has 0 heterocycles.